The van der Waals surface area contributed by atoms with Gasteiger partial charge in [-0.1, -0.05) is 6.08 Å². The number of nitrogens with one attached hydrogen (secondary N) is 1. The monoisotopic (exact) mass is 436 g/mol. The van der Waals surface area contributed by atoms with Crippen molar-refractivity contribution in [2.45, 2.75) is 24.8 Å². The summed E-state index contributed by atoms with van der Waals surface area (Å²) in [4.78, 5) is 0.934. The molecule has 2 aromatic rings. The van der Waals surface area contributed by atoms with Crippen LogP contribution < -0.4 is 9.47 Å². The second kappa shape index (κ2) is 7.85. The Morgan fingerprint density at radius 2 is 1.52 bits per heavy atom. The molecule has 2 atom stereocenters. The van der Waals surface area contributed by atoms with Gasteiger partial charge in [-0.3, -0.25) is 4.90 Å². The zero-order valence-corrected chi connectivity index (χ0v) is 16.1. The summed E-state index contributed by atoms with van der Waals surface area (Å²) in [6, 6.07) is 8.46. The van der Waals surface area contributed by atoms with E-state index in [1.54, 1.807) is 23.0 Å². The lowest BCUT2D eigenvalue weighted by molar-refractivity contribution is -0.808. The first kappa shape index (κ1) is 21.1. The summed E-state index contributed by atoms with van der Waals surface area (Å²) in [5, 5.41) is 0. The molecule has 0 spiro atoms. The molecule has 160 valence electrons. The summed E-state index contributed by atoms with van der Waals surface area (Å²) < 4.78 is 78.1. The van der Waals surface area contributed by atoms with Crippen molar-refractivity contribution in [2.24, 2.45) is 0 Å². The Morgan fingerprint density at radius 3 is 2.06 bits per heavy atom. The number of nitrogens with zero attached hydrogens (tertiary/aromatic N) is 1. The molecule has 1 aromatic carbocycles. The number of aromatic nitrogens is 1. The van der Waals surface area contributed by atoms with E-state index in [1.165, 1.54) is 18.2 Å². The van der Waals surface area contributed by atoms with E-state index in [0.29, 0.717) is 5.69 Å². The van der Waals surface area contributed by atoms with Crippen LogP contribution in [0.4, 0.5) is 26.3 Å². The summed E-state index contributed by atoms with van der Waals surface area (Å²) in [7, 11) is 0. The first-order valence-corrected chi connectivity index (χ1v) is 9.53. The van der Waals surface area contributed by atoms with Crippen molar-refractivity contribution in [1.82, 2.24) is 0 Å². The first-order chi connectivity index (χ1) is 14.6. The summed E-state index contributed by atoms with van der Waals surface area (Å²) in [6.45, 7) is 0. The van der Waals surface area contributed by atoms with E-state index >= 15 is 0 Å². The van der Waals surface area contributed by atoms with Crippen molar-refractivity contribution < 1.29 is 35.8 Å². The molecule has 0 saturated heterocycles. The second-order valence-electron chi connectivity index (χ2n) is 7.33. The van der Waals surface area contributed by atoms with Crippen molar-refractivity contribution in [3.8, 4) is 5.69 Å². The van der Waals surface area contributed by atoms with Gasteiger partial charge in [0.05, 0.1) is 11.1 Å². The lowest BCUT2D eigenvalue weighted by Gasteiger charge is -2.20. The molecular formula is C23H18F6N2+2. The summed E-state index contributed by atoms with van der Waals surface area (Å²) in [5.41, 5.74) is 1.11. The maximum Gasteiger partial charge on any atom is 0.416 e. The Balaban J connectivity index is 1.45. The molecule has 0 bridgehead atoms. The minimum absolute atomic E-state index is 0.111. The van der Waals surface area contributed by atoms with Gasteiger partial charge in [0.25, 0.3) is 0 Å². The van der Waals surface area contributed by atoms with Crippen LogP contribution in [0.15, 0.2) is 91.1 Å². The summed E-state index contributed by atoms with van der Waals surface area (Å²) in [6.07, 6.45) is 4.75. The van der Waals surface area contributed by atoms with E-state index < -0.39 is 23.5 Å². The average Bonchev–Trinajstić information content (AvgIpc) is 3.23. The summed E-state index contributed by atoms with van der Waals surface area (Å²) >= 11 is 0. The van der Waals surface area contributed by atoms with Crippen molar-refractivity contribution in [3.05, 3.63) is 102 Å². The molecule has 1 aliphatic carbocycles. The smallest absolute Gasteiger partial charge is 0.276 e. The molecular weight excluding hydrogens is 418 g/mol. The van der Waals surface area contributed by atoms with Crippen LogP contribution in [-0.4, -0.2) is 12.2 Å². The zero-order valence-electron chi connectivity index (χ0n) is 16.1. The van der Waals surface area contributed by atoms with Crippen molar-refractivity contribution >= 4 is 5.57 Å². The van der Waals surface area contributed by atoms with E-state index in [1.807, 2.05) is 30.6 Å². The van der Waals surface area contributed by atoms with Gasteiger partial charge < -0.3 is 0 Å². The molecule has 0 fully saturated rings. The Bertz CT molecular complexity index is 1070. The largest absolute Gasteiger partial charge is 0.416 e. The molecule has 8 heteroatoms. The highest BCUT2D eigenvalue weighted by Gasteiger charge is 2.34. The van der Waals surface area contributed by atoms with Gasteiger partial charge in [0, 0.05) is 42.3 Å². The molecule has 2 unspecified atom stereocenters. The van der Waals surface area contributed by atoms with Crippen LogP contribution in [0.5, 0.6) is 0 Å². The molecule has 4 rings (SSSR count). The second-order valence-corrected chi connectivity index (χ2v) is 7.33. The van der Waals surface area contributed by atoms with Crippen LogP contribution in [0.1, 0.15) is 17.5 Å². The maximum atomic E-state index is 12.8. The maximum absolute atomic E-state index is 12.8. The number of hydrogen-bond donors (Lipinski definition) is 1. The number of rotatable bonds is 3. The minimum Gasteiger partial charge on any atom is -0.276 e. The topological polar surface area (TPSA) is 8.32 Å². The minimum atomic E-state index is -4.37. The van der Waals surface area contributed by atoms with Crippen molar-refractivity contribution in [1.29, 1.82) is 0 Å². The molecule has 31 heavy (non-hydrogen) atoms. The predicted octanol–water partition coefficient (Wildman–Crippen LogP) is 4.55. The number of halogens is 6. The van der Waals surface area contributed by atoms with Gasteiger partial charge in [-0.2, -0.15) is 30.9 Å². The molecule has 1 aromatic heterocycles. The molecule has 0 radical (unpaired) electrons. The zero-order chi connectivity index (χ0) is 22.2. The van der Waals surface area contributed by atoms with Crippen molar-refractivity contribution in [2.75, 3.05) is 0 Å². The SMILES string of the molecule is FC(F)(F)C1=CCC([NH+]2C=CC(c3cc[n+](-c4ccc(C(F)(F)F)cc4)cc3)=C2)C=C1. The van der Waals surface area contributed by atoms with E-state index in [-0.39, 0.29) is 12.5 Å². The Labute approximate surface area is 174 Å². The van der Waals surface area contributed by atoms with E-state index in [2.05, 4.69) is 0 Å². The quantitative estimate of drug-likeness (QED) is 0.534. The predicted molar refractivity (Wildman–Crippen MR) is 103 cm³/mol. The van der Waals surface area contributed by atoms with Gasteiger partial charge in [-0.05, 0) is 29.8 Å². The lowest BCUT2D eigenvalue weighted by Crippen LogP contribution is -3.06. The highest BCUT2D eigenvalue weighted by Crippen LogP contribution is 2.30. The van der Waals surface area contributed by atoms with Gasteiger partial charge >= 0.3 is 12.4 Å². The van der Waals surface area contributed by atoms with Gasteiger partial charge in [0.2, 0.25) is 5.69 Å². The van der Waals surface area contributed by atoms with Crippen LogP contribution in [0.25, 0.3) is 11.3 Å². The molecule has 0 amide bonds. The third-order valence-corrected chi connectivity index (χ3v) is 5.29. The Kier molecular flexibility index (Phi) is 5.35. The molecule has 1 N–H and O–H groups in total. The number of quaternary nitrogens is 1. The Hall–Kier alpha value is -3.13. The molecule has 2 heterocycles. The number of alkyl halides is 6. The third kappa shape index (κ3) is 4.64. The van der Waals surface area contributed by atoms with E-state index in [9.17, 15) is 26.3 Å². The van der Waals surface area contributed by atoms with Gasteiger partial charge in [0.1, 0.15) is 18.4 Å². The molecule has 1 aliphatic heterocycles. The number of allylic oxidation sites excluding steroid dienone is 4. The van der Waals surface area contributed by atoms with Crippen LogP contribution >= 0.6 is 0 Å². The highest BCUT2D eigenvalue weighted by atomic mass is 19.4. The number of pyridine rings is 1. The normalized spacial score (nSPS) is 21.2. The fourth-order valence-corrected chi connectivity index (χ4v) is 3.56. The standard InChI is InChI=1S/C23H17F6N2/c24-22(25,26)18-1-5-20(6-2-18)30-12-9-16(10-13-30)17-11-14-31(15-17)21-7-3-19(4-8-21)23(27,28)29/h1-7,9-15,21H,8H2/q+1/p+1. The van der Waals surface area contributed by atoms with Crippen LogP contribution in [0.3, 0.4) is 0 Å². The van der Waals surface area contributed by atoms with Gasteiger partial charge in [-0.15, -0.1) is 0 Å². The fourth-order valence-electron chi connectivity index (χ4n) is 3.56. The van der Waals surface area contributed by atoms with Crippen LogP contribution in [0.2, 0.25) is 0 Å². The fraction of sp³-hybridized carbons (Fsp3) is 0.174. The third-order valence-electron chi connectivity index (χ3n) is 5.29. The molecule has 2 nitrogen and oxygen atoms in total. The average molecular weight is 436 g/mol. The van der Waals surface area contributed by atoms with E-state index in [0.717, 1.165) is 34.2 Å². The highest BCUT2D eigenvalue weighted by molar-refractivity contribution is 5.73. The molecule has 0 saturated carbocycles. The van der Waals surface area contributed by atoms with Crippen LogP contribution in [0, 0.1) is 0 Å². The first-order valence-electron chi connectivity index (χ1n) is 9.53. The summed E-state index contributed by atoms with van der Waals surface area (Å²) in [5.74, 6) is 0. The van der Waals surface area contributed by atoms with Gasteiger partial charge in [0.15, 0.2) is 12.4 Å². The van der Waals surface area contributed by atoms with Gasteiger partial charge in [-0.25, -0.2) is 0 Å². The molecule has 2 aliphatic rings. The number of hydrogen-bond acceptors (Lipinski definition) is 0. The van der Waals surface area contributed by atoms with Crippen molar-refractivity contribution in [3.63, 3.8) is 0 Å². The van der Waals surface area contributed by atoms with Crippen LogP contribution in [-0.2, 0) is 6.18 Å². The number of benzene rings is 1. The Morgan fingerprint density at radius 1 is 0.839 bits per heavy atom. The lowest BCUT2D eigenvalue weighted by atomic mass is 10.0. The van der Waals surface area contributed by atoms with E-state index in [4.69, 9.17) is 0 Å².